The van der Waals surface area contributed by atoms with Gasteiger partial charge in [-0.15, -0.1) is 0 Å². The van der Waals surface area contributed by atoms with Crippen LogP contribution in [0, 0.1) is 5.82 Å². The maximum atomic E-state index is 13.2. The predicted octanol–water partition coefficient (Wildman–Crippen LogP) is 0.655. The molecule has 2 aliphatic rings. The molecule has 2 atom stereocenters. The number of ether oxygens (including phenoxy) is 1. The number of carbonyl (C=O) groups is 1. The summed E-state index contributed by atoms with van der Waals surface area (Å²) < 4.78 is 18.5. The van der Waals surface area contributed by atoms with E-state index >= 15 is 0 Å². The van der Waals surface area contributed by atoms with Crippen molar-refractivity contribution in [2.24, 2.45) is 0 Å². The number of morpholine rings is 1. The van der Waals surface area contributed by atoms with Crippen molar-refractivity contribution in [2.75, 3.05) is 19.8 Å². The molecule has 2 unspecified atom stereocenters. The number of amides is 1. The van der Waals surface area contributed by atoms with Gasteiger partial charge < -0.3 is 10.1 Å². The first kappa shape index (κ1) is 10.7. The van der Waals surface area contributed by atoms with E-state index in [2.05, 4.69) is 5.32 Å². The van der Waals surface area contributed by atoms with Gasteiger partial charge in [-0.2, -0.15) is 0 Å². The lowest BCUT2D eigenvalue weighted by Gasteiger charge is -2.31. The highest BCUT2D eigenvalue weighted by Crippen LogP contribution is 2.28. The lowest BCUT2D eigenvalue weighted by Crippen LogP contribution is -2.44. The van der Waals surface area contributed by atoms with Gasteiger partial charge in [0.05, 0.1) is 13.2 Å². The summed E-state index contributed by atoms with van der Waals surface area (Å²) in [4.78, 5) is 13.8. The topological polar surface area (TPSA) is 41.6 Å². The van der Waals surface area contributed by atoms with E-state index in [1.807, 2.05) is 11.0 Å². The summed E-state index contributed by atoms with van der Waals surface area (Å²) in [5, 5.41) is 2.88. The Morgan fingerprint density at radius 1 is 1.47 bits per heavy atom. The Balaban J connectivity index is 1.91. The molecule has 0 saturated carbocycles. The van der Waals surface area contributed by atoms with Crippen molar-refractivity contribution in [3.63, 3.8) is 0 Å². The van der Waals surface area contributed by atoms with Crippen molar-refractivity contribution in [3.8, 4) is 0 Å². The summed E-state index contributed by atoms with van der Waals surface area (Å²) in [6.45, 7) is 1.71. The van der Waals surface area contributed by atoms with E-state index < -0.39 is 0 Å². The molecular weight excluding hydrogens is 223 g/mol. The van der Waals surface area contributed by atoms with Crippen molar-refractivity contribution in [3.05, 3.63) is 35.6 Å². The van der Waals surface area contributed by atoms with Crippen LogP contribution in [0.3, 0.4) is 0 Å². The molecule has 2 heterocycles. The number of nitrogens with one attached hydrogen (secondary N) is 1. The number of hydrogen-bond donors (Lipinski definition) is 1. The molecule has 0 radical (unpaired) electrons. The predicted molar refractivity (Wildman–Crippen MR) is 58.6 cm³/mol. The van der Waals surface area contributed by atoms with Crippen molar-refractivity contribution < 1.29 is 13.9 Å². The zero-order chi connectivity index (χ0) is 11.8. The molecule has 0 bridgehead atoms. The first-order valence-corrected chi connectivity index (χ1v) is 5.65. The molecule has 0 aliphatic carbocycles. The van der Waals surface area contributed by atoms with Crippen LogP contribution in [0.5, 0.6) is 0 Å². The molecule has 0 aromatic heterocycles. The van der Waals surface area contributed by atoms with Crippen LogP contribution >= 0.6 is 0 Å². The van der Waals surface area contributed by atoms with Gasteiger partial charge >= 0.3 is 0 Å². The van der Waals surface area contributed by atoms with Gasteiger partial charge in [-0.3, -0.25) is 9.69 Å². The molecule has 1 amide bonds. The summed E-state index contributed by atoms with van der Waals surface area (Å²) in [5.74, 6) is -0.326. The largest absolute Gasteiger partial charge is 0.378 e. The molecular formula is C12H13FN2O2. The Morgan fingerprint density at radius 2 is 2.35 bits per heavy atom. The van der Waals surface area contributed by atoms with E-state index in [1.54, 1.807) is 6.07 Å². The fraction of sp³-hybridized carbons (Fsp3) is 0.417. The van der Waals surface area contributed by atoms with Crippen molar-refractivity contribution >= 4 is 5.91 Å². The molecule has 17 heavy (non-hydrogen) atoms. The van der Waals surface area contributed by atoms with Gasteiger partial charge in [-0.25, -0.2) is 4.39 Å². The van der Waals surface area contributed by atoms with E-state index in [0.29, 0.717) is 19.8 Å². The molecule has 2 fully saturated rings. The average Bonchev–Trinajstić information content (AvgIpc) is 2.68. The number of halogens is 1. The molecule has 2 saturated heterocycles. The van der Waals surface area contributed by atoms with E-state index in [-0.39, 0.29) is 23.9 Å². The van der Waals surface area contributed by atoms with Crippen LogP contribution in [0.2, 0.25) is 0 Å². The lowest BCUT2D eigenvalue weighted by atomic mass is 10.1. The second-order valence-corrected chi connectivity index (χ2v) is 4.29. The van der Waals surface area contributed by atoms with Gasteiger partial charge in [0.25, 0.3) is 0 Å². The Labute approximate surface area is 98.4 Å². The zero-order valence-electron chi connectivity index (χ0n) is 9.23. The quantitative estimate of drug-likeness (QED) is 0.778. The van der Waals surface area contributed by atoms with Crippen molar-refractivity contribution in [2.45, 2.75) is 12.2 Å². The molecule has 1 aromatic rings. The Bertz CT molecular complexity index is 452. The molecule has 4 nitrogen and oxygen atoms in total. The van der Waals surface area contributed by atoms with Crippen LogP contribution in [-0.2, 0) is 9.53 Å². The number of carbonyl (C=O) groups excluding carboxylic acids is 1. The van der Waals surface area contributed by atoms with E-state index in [0.717, 1.165) is 5.56 Å². The highest BCUT2D eigenvalue weighted by Gasteiger charge is 2.42. The van der Waals surface area contributed by atoms with Crippen LogP contribution in [0.4, 0.5) is 4.39 Å². The van der Waals surface area contributed by atoms with E-state index in [4.69, 9.17) is 4.74 Å². The monoisotopic (exact) mass is 236 g/mol. The van der Waals surface area contributed by atoms with Crippen LogP contribution < -0.4 is 5.32 Å². The third-order valence-corrected chi connectivity index (χ3v) is 3.25. The van der Waals surface area contributed by atoms with Crippen LogP contribution in [0.15, 0.2) is 24.3 Å². The Hall–Kier alpha value is -1.46. The summed E-state index contributed by atoms with van der Waals surface area (Å²) in [5.41, 5.74) is 0.780. The van der Waals surface area contributed by atoms with Crippen LogP contribution in [0.25, 0.3) is 0 Å². The lowest BCUT2D eigenvalue weighted by molar-refractivity contribution is -0.125. The number of nitrogens with zero attached hydrogens (tertiary/aromatic N) is 1. The van der Waals surface area contributed by atoms with Gasteiger partial charge in [-0.1, -0.05) is 12.1 Å². The molecule has 0 spiro atoms. The summed E-state index contributed by atoms with van der Waals surface area (Å²) >= 11 is 0. The highest BCUT2D eigenvalue weighted by atomic mass is 19.1. The summed E-state index contributed by atoms with van der Waals surface area (Å²) in [6, 6.07) is 6.10. The SMILES string of the molecule is O=C1NC(c2cccc(F)c2)N2CCOCC12. The average molecular weight is 236 g/mol. The fourth-order valence-electron chi connectivity index (χ4n) is 2.42. The molecule has 1 N–H and O–H groups in total. The molecule has 5 heteroatoms. The maximum absolute atomic E-state index is 13.2. The third-order valence-electron chi connectivity index (χ3n) is 3.25. The molecule has 3 rings (SSSR count). The number of fused-ring (bicyclic) bond motifs is 1. The fourth-order valence-corrected chi connectivity index (χ4v) is 2.42. The van der Waals surface area contributed by atoms with Crippen LogP contribution in [-0.4, -0.2) is 36.6 Å². The minimum absolute atomic E-state index is 0.0426. The summed E-state index contributed by atoms with van der Waals surface area (Å²) in [6.07, 6.45) is -0.230. The number of benzene rings is 1. The second kappa shape index (κ2) is 4.09. The zero-order valence-corrected chi connectivity index (χ0v) is 9.23. The Kier molecular flexibility index (Phi) is 2.57. The molecule has 1 aromatic carbocycles. The van der Waals surface area contributed by atoms with Crippen molar-refractivity contribution in [1.82, 2.24) is 10.2 Å². The minimum atomic E-state index is -0.284. The maximum Gasteiger partial charge on any atom is 0.241 e. The molecule has 90 valence electrons. The van der Waals surface area contributed by atoms with Gasteiger partial charge in [0.2, 0.25) is 5.91 Å². The Morgan fingerprint density at radius 3 is 3.18 bits per heavy atom. The standard InChI is InChI=1S/C12H13FN2O2/c13-9-3-1-2-8(6-9)11-14-12(16)10-7-17-5-4-15(10)11/h1-3,6,10-11H,4-5,7H2,(H,14,16). The first-order valence-electron chi connectivity index (χ1n) is 5.65. The van der Waals surface area contributed by atoms with E-state index in [9.17, 15) is 9.18 Å². The van der Waals surface area contributed by atoms with Gasteiger partial charge in [-0.05, 0) is 17.7 Å². The van der Waals surface area contributed by atoms with Crippen LogP contribution in [0.1, 0.15) is 11.7 Å². The van der Waals surface area contributed by atoms with Gasteiger partial charge in [0.1, 0.15) is 18.0 Å². The van der Waals surface area contributed by atoms with Crippen molar-refractivity contribution in [1.29, 1.82) is 0 Å². The van der Waals surface area contributed by atoms with E-state index in [1.165, 1.54) is 12.1 Å². The second-order valence-electron chi connectivity index (χ2n) is 4.29. The number of rotatable bonds is 1. The minimum Gasteiger partial charge on any atom is -0.378 e. The molecule has 2 aliphatic heterocycles. The number of hydrogen-bond acceptors (Lipinski definition) is 3. The van der Waals surface area contributed by atoms with Gasteiger partial charge in [0.15, 0.2) is 0 Å². The summed E-state index contributed by atoms with van der Waals surface area (Å²) in [7, 11) is 0. The normalized spacial score (nSPS) is 28.9. The first-order chi connectivity index (χ1) is 8.25. The highest BCUT2D eigenvalue weighted by molar-refractivity contribution is 5.84. The van der Waals surface area contributed by atoms with Gasteiger partial charge in [0, 0.05) is 6.54 Å². The smallest absolute Gasteiger partial charge is 0.241 e. The third kappa shape index (κ3) is 1.81.